The van der Waals surface area contributed by atoms with Gasteiger partial charge in [0.2, 0.25) is 0 Å². The third-order valence-corrected chi connectivity index (χ3v) is 5.68. The Morgan fingerprint density at radius 2 is 2.19 bits per heavy atom. The Morgan fingerprint density at radius 3 is 2.97 bits per heavy atom. The van der Waals surface area contributed by atoms with Crippen LogP contribution in [-0.4, -0.2) is 85.6 Å². The second kappa shape index (κ2) is 10.0. The number of fused-ring (bicyclic) bond motifs is 1. The van der Waals surface area contributed by atoms with Gasteiger partial charge in [-0.2, -0.15) is 0 Å². The van der Waals surface area contributed by atoms with Gasteiger partial charge in [-0.3, -0.25) is 4.57 Å². The third-order valence-electron chi connectivity index (χ3n) is 5.42. The minimum atomic E-state index is -1.18. The minimum absolute atomic E-state index is 0.0167. The zero-order valence-corrected chi connectivity index (χ0v) is 18.1. The van der Waals surface area contributed by atoms with Gasteiger partial charge in [0, 0.05) is 13.2 Å². The van der Waals surface area contributed by atoms with Crippen molar-refractivity contribution < 1.29 is 24.4 Å². The molecule has 5 atom stereocenters. The van der Waals surface area contributed by atoms with E-state index in [0.29, 0.717) is 30.2 Å². The summed E-state index contributed by atoms with van der Waals surface area (Å²) in [4.78, 5) is 13.0. The van der Waals surface area contributed by atoms with Crippen LogP contribution in [0.25, 0.3) is 11.2 Å². The number of anilines is 1. The lowest BCUT2D eigenvalue weighted by atomic mass is 10.1. The van der Waals surface area contributed by atoms with Gasteiger partial charge in [0.15, 0.2) is 23.2 Å². The molecule has 4 heterocycles. The zero-order valence-electron chi connectivity index (χ0n) is 17.3. The number of hydrogen-bond donors (Lipinski definition) is 4. The van der Waals surface area contributed by atoms with Crippen molar-refractivity contribution in [2.24, 2.45) is 0 Å². The Morgan fingerprint density at radius 1 is 1.32 bits per heavy atom. The number of nitrogens with zero attached hydrogens (tertiary/aromatic N) is 4. The van der Waals surface area contributed by atoms with Gasteiger partial charge in [0.1, 0.15) is 31.2 Å². The number of rotatable bonds is 8. The molecule has 2 aromatic rings. The van der Waals surface area contributed by atoms with Crippen LogP contribution >= 0.6 is 12.2 Å². The molecule has 2 aromatic heterocycles. The maximum atomic E-state index is 10.6. The molecule has 2 aliphatic heterocycles. The second-order valence-electron chi connectivity index (χ2n) is 7.68. The first-order chi connectivity index (χ1) is 15.1. The average Bonchev–Trinajstić information content (AvgIpc) is 3.49. The number of unbranched alkanes of at least 4 members (excludes halogenated alkanes) is 1. The molecule has 0 saturated carbocycles. The fourth-order valence-corrected chi connectivity index (χ4v) is 3.83. The highest BCUT2D eigenvalue weighted by molar-refractivity contribution is 7.80. The topological polar surface area (TPSA) is 136 Å². The number of aliphatic hydroxyl groups is 2. The van der Waals surface area contributed by atoms with Crippen molar-refractivity contribution in [1.29, 1.82) is 0 Å². The van der Waals surface area contributed by atoms with Gasteiger partial charge in [0.05, 0.1) is 19.0 Å². The quantitative estimate of drug-likeness (QED) is 0.326. The molecule has 0 radical (unpaired) electrons. The summed E-state index contributed by atoms with van der Waals surface area (Å²) in [6.45, 7) is 4.14. The summed E-state index contributed by atoms with van der Waals surface area (Å²) in [6.07, 6.45) is 1.92. The van der Waals surface area contributed by atoms with Gasteiger partial charge < -0.3 is 35.1 Å². The summed E-state index contributed by atoms with van der Waals surface area (Å²) in [5.74, 6) is 0.593. The SMILES string of the molecule is CCCCNC(=S)OC[C@H]1OC(n2cnc3c(N[C@@H]4CCOC4)ncnc32)[C@H](O)[C@@H]1O. The number of ether oxygens (including phenoxy) is 3. The molecule has 2 fully saturated rings. The van der Waals surface area contributed by atoms with Crippen molar-refractivity contribution in [3.63, 3.8) is 0 Å². The Hall–Kier alpha value is -2.12. The fourth-order valence-electron chi connectivity index (χ4n) is 3.66. The van der Waals surface area contributed by atoms with Crippen LogP contribution in [0.4, 0.5) is 5.82 Å². The first-order valence-electron chi connectivity index (χ1n) is 10.5. The van der Waals surface area contributed by atoms with Gasteiger partial charge in [-0.15, -0.1) is 0 Å². The number of nitrogens with one attached hydrogen (secondary N) is 2. The Kier molecular flexibility index (Phi) is 7.13. The largest absolute Gasteiger partial charge is 0.468 e. The molecule has 4 rings (SSSR count). The number of imidazole rings is 1. The predicted octanol–water partition coefficient (Wildman–Crippen LogP) is 0.338. The summed E-state index contributed by atoms with van der Waals surface area (Å²) in [5, 5.41) is 27.6. The summed E-state index contributed by atoms with van der Waals surface area (Å²) in [7, 11) is 0. The molecule has 1 unspecified atom stereocenters. The van der Waals surface area contributed by atoms with E-state index in [1.807, 2.05) is 0 Å². The molecule has 0 bridgehead atoms. The number of hydrogen-bond acceptors (Lipinski definition) is 10. The first-order valence-corrected chi connectivity index (χ1v) is 10.9. The lowest BCUT2D eigenvalue weighted by Crippen LogP contribution is -2.36. The standard InChI is InChI=1S/C19H28N6O5S/c1-2-3-5-20-19(31)29-8-12-14(26)15(27)18(30-12)25-10-23-13-16(21-9-22-17(13)25)24-11-4-6-28-7-11/h9-12,14-15,18,26-27H,2-8H2,1H3,(H,20,31)(H,21,22,24)/t11-,12-,14-,15-,18?/m1/s1. The molecule has 0 aromatic carbocycles. The van der Waals surface area contributed by atoms with Gasteiger partial charge in [-0.05, 0) is 25.1 Å². The van der Waals surface area contributed by atoms with Crippen molar-refractivity contribution in [3.8, 4) is 0 Å². The van der Waals surface area contributed by atoms with E-state index in [0.717, 1.165) is 25.8 Å². The molecule has 0 amide bonds. The highest BCUT2D eigenvalue weighted by Gasteiger charge is 2.44. The second-order valence-corrected chi connectivity index (χ2v) is 8.05. The molecule has 0 spiro atoms. The summed E-state index contributed by atoms with van der Waals surface area (Å²) in [5.41, 5.74) is 1.05. The molecule has 2 aliphatic rings. The van der Waals surface area contributed by atoms with E-state index in [1.165, 1.54) is 12.7 Å². The van der Waals surface area contributed by atoms with E-state index < -0.39 is 24.5 Å². The van der Waals surface area contributed by atoms with Crippen LogP contribution in [0.1, 0.15) is 32.4 Å². The van der Waals surface area contributed by atoms with Crippen molar-refractivity contribution in [1.82, 2.24) is 24.8 Å². The van der Waals surface area contributed by atoms with E-state index in [9.17, 15) is 10.2 Å². The van der Waals surface area contributed by atoms with E-state index in [4.69, 9.17) is 26.4 Å². The smallest absolute Gasteiger partial charge is 0.256 e. The Balaban J connectivity index is 1.43. The van der Waals surface area contributed by atoms with Crippen molar-refractivity contribution in [2.45, 2.75) is 56.8 Å². The molecule has 4 N–H and O–H groups in total. The molecule has 31 heavy (non-hydrogen) atoms. The van der Waals surface area contributed by atoms with Crippen molar-refractivity contribution in [2.75, 3.05) is 31.7 Å². The summed E-state index contributed by atoms with van der Waals surface area (Å²) < 4.78 is 18.4. The van der Waals surface area contributed by atoms with Crippen LogP contribution in [0.2, 0.25) is 0 Å². The molecule has 11 nitrogen and oxygen atoms in total. The van der Waals surface area contributed by atoms with Crippen molar-refractivity contribution in [3.05, 3.63) is 12.7 Å². The van der Waals surface area contributed by atoms with Gasteiger partial charge >= 0.3 is 0 Å². The lowest BCUT2D eigenvalue weighted by molar-refractivity contribution is -0.0491. The number of aromatic nitrogens is 4. The van der Waals surface area contributed by atoms with E-state index in [-0.39, 0.29) is 17.8 Å². The monoisotopic (exact) mass is 452 g/mol. The molecule has 170 valence electrons. The van der Waals surface area contributed by atoms with Crippen LogP contribution in [0, 0.1) is 0 Å². The Labute approximate surface area is 185 Å². The van der Waals surface area contributed by atoms with E-state index >= 15 is 0 Å². The summed E-state index contributed by atoms with van der Waals surface area (Å²) >= 11 is 5.13. The normalized spacial score (nSPS) is 28.2. The molecular formula is C19H28N6O5S. The first kappa shape index (κ1) is 22.1. The van der Waals surface area contributed by atoms with Gasteiger partial charge in [0.25, 0.3) is 5.17 Å². The Bertz CT molecular complexity index is 892. The van der Waals surface area contributed by atoms with Crippen LogP contribution in [0.5, 0.6) is 0 Å². The van der Waals surface area contributed by atoms with Gasteiger partial charge in [-0.1, -0.05) is 13.3 Å². The zero-order chi connectivity index (χ0) is 21.8. The average molecular weight is 453 g/mol. The predicted molar refractivity (Wildman–Crippen MR) is 116 cm³/mol. The fraction of sp³-hybridized carbons (Fsp3) is 0.684. The van der Waals surface area contributed by atoms with Crippen LogP contribution in [0.15, 0.2) is 12.7 Å². The van der Waals surface area contributed by atoms with Crippen LogP contribution in [0.3, 0.4) is 0 Å². The molecular weight excluding hydrogens is 424 g/mol. The van der Waals surface area contributed by atoms with Gasteiger partial charge in [-0.25, -0.2) is 15.0 Å². The van der Waals surface area contributed by atoms with E-state index in [2.05, 4.69) is 32.5 Å². The molecule has 12 heteroatoms. The molecule has 2 saturated heterocycles. The number of aliphatic hydroxyl groups excluding tert-OH is 2. The highest BCUT2D eigenvalue weighted by atomic mass is 32.1. The highest BCUT2D eigenvalue weighted by Crippen LogP contribution is 2.32. The van der Waals surface area contributed by atoms with E-state index in [1.54, 1.807) is 4.57 Å². The number of thiocarbonyl (C=S) groups is 1. The maximum absolute atomic E-state index is 10.6. The van der Waals surface area contributed by atoms with Crippen LogP contribution in [-0.2, 0) is 14.2 Å². The lowest BCUT2D eigenvalue weighted by Gasteiger charge is -2.17. The summed E-state index contributed by atoms with van der Waals surface area (Å²) in [6, 6.07) is 0.162. The minimum Gasteiger partial charge on any atom is -0.468 e. The third kappa shape index (κ3) is 4.88. The van der Waals surface area contributed by atoms with Crippen LogP contribution < -0.4 is 10.6 Å². The van der Waals surface area contributed by atoms with Crippen molar-refractivity contribution >= 4 is 34.4 Å². The molecule has 0 aliphatic carbocycles. The maximum Gasteiger partial charge on any atom is 0.256 e.